The molecule has 0 bridgehead atoms. The zero-order valence-corrected chi connectivity index (χ0v) is 31.2. The topological polar surface area (TPSA) is 106 Å². The fourth-order valence-corrected chi connectivity index (χ4v) is 7.81. The Bertz CT molecular complexity index is 1380. The number of aliphatic carboxylic acids is 1. The van der Waals surface area contributed by atoms with E-state index < -0.39 is 34.9 Å². The van der Waals surface area contributed by atoms with Gasteiger partial charge in [0.05, 0.1) is 24.8 Å². The normalized spacial score (nSPS) is 19.8. The summed E-state index contributed by atoms with van der Waals surface area (Å²) in [6.45, 7) is 8.67. The smallest absolute Gasteiger partial charge is 0.340 e. The van der Waals surface area contributed by atoms with Crippen LogP contribution in [0, 0.1) is 5.92 Å². The average molecular weight is 708 g/mol. The number of nitrogens with zero attached hydrogens (tertiary/aromatic N) is 1. The molecule has 0 radical (unpaired) electrons. The number of ether oxygens (including phenoxy) is 3. The maximum atomic E-state index is 14.5. The summed E-state index contributed by atoms with van der Waals surface area (Å²) in [5.41, 5.74) is -2.13. The van der Waals surface area contributed by atoms with Gasteiger partial charge in [0.25, 0.3) is 11.1 Å². The molecule has 0 spiro atoms. The van der Waals surface area contributed by atoms with Crippen LogP contribution in [0.25, 0.3) is 0 Å². The number of carboxylic acids is 1. The number of hydrogen-bond donors (Lipinski definition) is 2. The standard InChI is InChI=1S/C41H57NO7S/c1-5-6-7-11-20-27-40(47-29-30-48-40)28-21-12-9-8-10-19-26-34(39(4,46)37(44)45)36(43)42-35(31(2)3)41(49-38(42)50,32-22-15-13-16-23-32)33-24-17-14-18-25-33/h13-18,22-26,31,35,46H,5-12,19-21,27-30H2,1-4H3,(H,44,45)/b34-26+/t35-,39-/m0/s1. The highest BCUT2D eigenvalue weighted by Crippen LogP contribution is 2.48. The van der Waals surface area contributed by atoms with E-state index in [4.69, 9.17) is 26.4 Å². The van der Waals surface area contributed by atoms with E-state index in [1.165, 1.54) is 30.6 Å². The van der Waals surface area contributed by atoms with E-state index in [0.29, 0.717) is 19.6 Å². The number of unbranched alkanes of at least 4 members (excludes halogenated alkanes) is 9. The van der Waals surface area contributed by atoms with E-state index >= 15 is 0 Å². The average Bonchev–Trinajstić information content (AvgIpc) is 3.71. The fourth-order valence-electron chi connectivity index (χ4n) is 7.48. The zero-order chi connectivity index (χ0) is 36.2. The van der Waals surface area contributed by atoms with Gasteiger partial charge in [-0.2, -0.15) is 0 Å². The first-order chi connectivity index (χ1) is 24.0. The summed E-state index contributed by atoms with van der Waals surface area (Å²) >= 11 is 5.76. The number of hydrogen-bond acceptors (Lipinski definition) is 7. The molecule has 2 heterocycles. The second-order valence-electron chi connectivity index (χ2n) is 14.3. The molecule has 0 aliphatic carbocycles. The quantitative estimate of drug-likeness (QED) is 0.0800. The second-order valence-corrected chi connectivity index (χ2v) is 14.6. The van der Waals surface area contributed by atoms with Crippen LogP contribution in [0.4, 0.5) is 0 Å². The lowest BCUT2D eigenvalue weighted by atomic mass is 9.75. The molecule has 2 N–H and O–H groups in total. The van der Waals surface area contributed by atoms with Gasteiger partial charge in [-0.15, -0.1) is 0 Å². The van der Waals surface area contributed by atoms with Gasteiger partial charge in [0.2, 0.25) is 0 Å². The van der Waals surface area contributed by atoms with Crippen LogP contribution in [0.3, 0.4) is 0 Å². The van der Waals surface area contributed by atoms with Gasteiger partial charge in [-0.05, 0) is 50.7 Å². The van der Waals surface area contributed by atoms with Gasteiger partial charge in [-0.25, -0.2) is 4.79 Å². The van der Waals surface area contributed by atoms with Crippen LogP contribution < -0.4 is 0 Å². The molecule has 8 nitrogen and oxygen atoms in total. The van der Waals surface area contributed by atoms with Crippen LogP contribution >= 0.6 is 12.2 Å². The third-order valence-corrected chi connectivity index (χ3v) is 10.4. The van der Waals surface area contributed by atoms with Gasteiger partial charge in [0, 0.05) is 24.0 Å². The maximum Gasteiger partial charge on any atom is 0.340 e. The zero-order valence-electron chi connectivity index (χ0n) is 30.4. The first kappa shape index (κ1) is 39.7. The third kappa shape index (κ3) is 9.21. The SMILES string of the molecule is CCCCCCCC1(CCCCCCC/C=C(\C(=O)N2C(=S)OC(c3ccccc3)(c3ccccc3)[C@@H]2C(C)C)[C@](C)(O)C(=O)O)OCCO1. The predicted molar refractivity (Wildman–Crippen MR) is 199 cm³/mol. The van der Waals surface area contributed by atoms with Crippen LogP contribution in [0.1, 0.15) is 122 Å². The van der Waals surface area contributed by atoms with Gasteiger partial charge < -0.3 is 24.4 Å². The maximum absolute atomic E-state index is 14.5. The van der Waals surface area contributed by atoms with Crippen molar-refractivity contribution in [3.63, 3.8) is 0 Å². The number of thiocarbonyl (C=S) groups is 1. The minimum atomic E-state index is -2.43. The Balaban J connectivity index is 1.45. The lowest BCUT2D eigenvalue weighted by Crippen LogP contribution is -2.53. The van der Waals surface area contributed by atoms with Gasteiger partial charge >= 0.3 is 5.97 Å². The molecule has 50 heavy (non-hydrogen) atoms. The number of carbonyl (C=O) groups is 2. The molecular weight excluding hydrogens is 651 g/mol. The lowest BCUT2D eigenvalue weighted by Gasteiger charge is -2.38. The van der Waals surface area contributed by atoms with E-state index in [1.807, 2.05) is 74.5 Å². The van der Waals surface area contributed by atoms with Crippen LogP contribution in [0.5, 0.6) is 0 Å². The molecule has 2 saturated heterocycles. The molecule has 2 aromatic rings. The van der Waals surface area contributed by atoms with Crippen molar-refractivity contribution in [2.75, 3.05) is 13.2 Å². The van der Waals surface area contributed by atoms with Gasteiger partial charge in [-0.1, -0.05) is 132 Å². The molecule has 0 aromatic heterocycles. The van der Waals surface area contributed by atoms with E-state index in [1.54, 1.807) is 6.08 Å². The molecule has 0 unspecified atom stereocenters. The van der Waals surface area contributed by atoms with E-state index in [0.717, 1.165) is 69.4 Å². The number of rotatable bonds is 20. The Morgan fingerprint density at radius 2 is 1.38 bits per heavy atom. The highest BCUT2D eigenvalue weighted by Gasteiger charge is 2.59. The van der Waals surface area contributed by atoms with Crippen LogP contribution in [-0.4, -0.2) is 62.8 Å². The molecule has 0 saturated carbocycles. The summed E-state index contributed by atoms with van der Waals surface area (Å²) in [6.07, 6.45) is 14.6. The van der Waals surface area contributed by atoms with Crippen molar-refractivity contribution in [2.45, 2.75) is 134 Å². The highest BCUT2D eigenvalue weighted by molar-refractivity contribution is 7.80. The molecule has 4 rings (SSSR count). The van der Waals surface area contributed by atoms with Crippen molar-refractivity contribution >= 4 is 29.3 Å². The van der Waals surface area contributed by atoms with E-state index in [-0.39, 0.29) is 16.7 Å². The first-order valence-electron chi connectivity index (χ1n) is 18.6. The number of carboxylic acid groups (broad SMARTS) is 1. The van der Waals surface area contributed by atoms with Crippen molar-refractivity contribution in [2.24, 2.45) is 5.92 Å². The molecule has 2 aliphatic heterocycles. The molecule has 9 heteroatoms. The highest BCUT2D eigenvalue weighted by atomic mass is 32.1. The van der Waals surface area contributed by atoms with Crippen molar-refractivity contribution < 1.29 is 34.0 Å². The van der Waals surface area contributed by atoms with Crippen molar-refractivity contribution in [1.82, 2.24) is 4.90 Å². The summed E-state index contributed by atoms with van der Waals surface area (Å²) in [5.74, 6) is -2.75. The minimum Gasteiger partial charge on any atom is -0.479 e. The van der Waals surface area contributed by atoms with Crippen LogP contribution in [-0.2, 0) is 29.4 Å². The molecule has 1 amide bonds. The first-order valence-corrected chi connectivity index (χ1v) is 19.0. The Labute approximate surface area is 304 Å². The number of allylic oxidation sites excluding steroid dienone is 1. The number of benzene rings is 2. The van der Waals surface area contributed by atoms with Gasteiger partial charge in [-0.3, -0.25) is 9.69 Å². The van der Waals surface area contributed by atoms with Crippen molar-refractivity contribution in [3.05, 3.63) is 83.4 Å². The summed E-state index contributed by atoms with van der Waals surface area (Å²) in [5, 5.41) is 21.2. The van der Waals surface area contributed by atoms with E-state index in [2.05, 4.69) is 6.92 Å². The Kier molecular flexibility index (Phi) is 14.6. The number of amides is 1. The molecular formula is C41H57NO7S. The van der Waals surface area contributed by atoms with Crippen LogP contribution in [0.2, 0.25) is 0 Å². The summed E-state index contributed by atoms with van der Waals surface area (Å²) in [7, 11) is 0. The van der Waals surface area contributed by atoms with Crippen molar-refractivity contribution in [3.8, 4) is 0 Å². The Hall–Kier alpha value is -3.11. The monoisotopic (exact) mass is 707 g/mol. The molecule has 2 aliphatic rings. The van der Waals surface area contributed by atoms with Gasteiger partial charge in [0.1, 0.15) is 0 Å². The fraction of sp³-hybridized carbons (Fsp3) is 0.585. The largest absolute Gasteiger partial charge is 0.479 e. The molecule has 2 fully saturated rings. The molecule has 2 atom stereocenters. The Morgan fingerprint density at radius 1 is 0.880 bits per heavy atom. The molecule has 2 aromatic carbocycles. The van der Waals surface area contributed by atoms with Gasteiger partial charge in [0.15, 0.2) is 17.0 Å². The number of carbonyl (C=O) groups excluding carboxylic acids is 1. The number of aliphatic hydroxyl groups is 1. The summed E-state index contributed by atoms with van der Waals surface area (Å²) < 4.78 is 18.7. The Morgan fingerprint density at radius 3 is 1.88 bits per heavy atom. The lowest BCUT2D eigenvalue weighted by molar-refractivity contribution is -0.168. The summed E-state index contributed by atoms with van der Waals surface area (Å²) in [4.78, 5) is 28.2. The minimum absolute atomic E-state index is 0.0533. The van der Waals surface area contributed by atoms with E-state index in [9.17, 15) is 19.8 Å². The summed E-state index contributed by atoms with van der Waals surface area (Å²) in [6, 6.07) is 18.7. The van der Waals surface area contributed by atoms with Crippen LogP contribution in [0.15, 0.2) is 72.3 Å². The second kappa shape index (κ2) is 18.4. The van der Waals surface area contributed by atoms with Crippen molar-refractivity contribution in [1.29, 1.82) is 0 Å². The molecule has 274 valence electrons. The predicted octanol–water partition coefficient (Wildman–Crippen LogP) is 8.69. The third-order valence-electron chi connectivity index (χ3n) is 10.2.